The number of rotatable bonds is 4. The SMILES string of the molecule is O=[N+]([O-])c1cccc2c(NCC3CCOCC3)ccnc12. The molecule has 1 N–H and O–H groups in total. The van der Waals surface area contributed by atoms with E-state index in [4.69, 9.17) is 4.74 Å². The summed E-state index contributed by atoms with van der Waals surface area (Å²) in [5, 5.41) is 15.3. The molecule has 0 radical (unpaired) electrons. The number of fused-ring (bicyclic) bond motifs is 1. The van der Waals surface area contributed by atoms with E-state index in [2.05, 4.69) is 10.3 Å². The first-order valence-corrected chi connectivity index (χ1v) is 7.09. The molecule has 3 rings (SSSR count). The molecular formula is C15H17N3O3. The number of nitrogens with one attached hydrogen (secondary N) is 1. The van der Waals surface area contributed by atoms with Gasteiger partial charge < -0.3 is 10.1 Å². The van der Waals surface area contributed by atoms with Gasteiger partial charge in [0.2, 0.25) is 0 Å². The Hall–Kier alpha value is -2.21. The van der Waals surface area contributed by atoms with Crippen LogP contribution in [0.15, 0.2) is 30.5 Å². The second kappa shape index (κ2) is 6.05. The Morgan fingerprint density at radius 3 is 2.90 bits per heavy atom. The standard InChI is InChI=1S/C15H17N3O3/c19-18(20)14-3-1-2-12-13(4-7-16-15(12)14)17-10-11-5-8-21-9-6-11/h1-4,7,11H,5-6,8-10H2,(H,16,17). The van der Waals surface area contributed by atoms with E-state index in [-0.39, 0.29) is 5.69 Å². The minimum absolute atomic E-state index is 0.0437. The number of nitro groups is 1. The molecular weight excluding hydrogens is 270 g/mol. The zero-order valence-corrected chi connectivity index (χ0v) is 11.6. The van der Waals surface area contributed by atoms with E-state index in [1.54, 1.807) is 12.3 Å². The van der Waals surface area contributed by atoms with Crippen molar-refractivity contribution in [1.29, 1.82) is 0 Å². The maximum atomic E-state index is 11.1. The minimum Gasteiger partial charge on any atom is -0.384 e. The van der Waals surface area contributed by atoms with Crippen molar-refractivity contribution in [2.24, 2.45) is 5.92 Å². The molecule has 1 saturated heterocycles. The van der Waals surface area contributed by atoms with E-state index in [0.29, 0.717) is 11.4 Å². The summed E-state index contributed by atoms with van der Waals surface area (Å²) in [5.41, 5.74) is 1.37. The zero-order chi connectivity index (χ0) is 14.7. The number of benzene rings is 1. The van der Waals surface area contributed by atoms with Gasteiger partial charge in [-0.15, -0.1) is 0 Å². The molecule has 0 aliphatic carbocycles. The van der Waals surface area contributed by atoms with E-state index in [1.807, 2.05) is 12.1 Å². The molecule has 0 spiro atoms. The maximum Gasteiger partial charge on any atom is 0.295 e. The highest BCUT2D eigenvalue weighted by molar-refractivity contribution is 5.96. The van der Waals surface area contributed by atoms with Gasteiger partial charge in [-0.3, -0.25) is 10.1 Å². The molecule has 110 valence electrons. The quantitative estimate of drug-likeness (QED) is 0.691. The molecule has 0 unspecified atom stereocenters. The summed E-state index contributed by atoms with van der Waals surface area (Å²) in [6.45, 7) is 2.48. The molecule has 21 heavy (non-hydrogen) atoms. The van der Waals surface area contributed by atoms with Crippen molar-refractivity contribution in [3.63, 3.8) is 0 Å². The van der Waals surface area contributed by atoms with Crippen molar-refractivity contribution < 1.29 is 9.66 Å². The number of hydrogen-bond acceptors (Lipinski definition) is 5. The smallest absolute Gasteiger partial charge is 0.295 e. The molecule has 2 heterocycles. The van der Waals surface area contributed by atoms with Crippen LogP contribution in [-0.4, -0.2) is 29.7 Å². The number of nitro benzene ring substituents is 1. The number of pyridine rings is 1. The Kier molecular flexibility index (Phi) is 3.96. The molecule has 1 aliphatic rings. The van der Waals surface area contributed by atoms with Gasteiger partial charge in [0.1, 0.15) is 5.52 Å². The van der Waals surface area contributed by atoms with E-state index in [9.17, 15) is 10.1 Å². The van der Waals surface area contributed by atoms with Crippen molar-refractivity contribution in [2.45, 2.75) is 12.8 Å². The Morgan fingerprint density at radius 1 is 1.33 bits per heavy atom. The van der Waals surface area contributed by atoms with Gasteiger partial charge in [0.15, 0.2) is 0 Å². The Balaban J connectivity index is 1.85. The van der Waals surface area contributed by atoms with Crippen LogP contribution in [0.25, 0.3) is 10.9 Å². The summed E-state index contributed by atoms with van der Waals surface area (Å²) in [6.07, 6.45) is 3.72. The van der Waals surface area contributed by atoms with Gasteiger partial charge in [0.05, 0.1) is 4.92 Å². The van der Waals surface area contributed by atoms with Crippen molar-refractivity contribution in [3.8, 4) is 0 Å². The Labute approximate surface area is 122 Å². The van der Waals surface area contributed by atoms with E-state index < -0.39 is 4.92 Å². The largest absolute Gasteiger partial charge is 0.384 e. The lowest BCUT2D eigenvalue weighted by Crippen LogP contribution is -2.22. The number of ether oxygens (including phenoxy) is 1. The van der Waals surface area contributed by atoms with Gasteiger partial charge >= 0.3 is 0 Å². The third-order valence-corrected chi connectivity index (χ3v) is 3.87. The van der Waals surface area contributed by atoms with Gasteiger partial charge in [0, 0.05) is 43.1 Å². The predicted molar refractivity (Wildman–Crippen MR) is 80.4 cm³/mol. The lowest BCUT2D eigenvalue weighted by Gasteiger charge is -2.23. The van der Waals surface area contributed by atoms with Gasteiger partial charge in [-0.2, -0.15) is 0 Å². The summed E-state index contributed by atoms with van der Waals surface area (Å²) in [6, 6.07) is 6.91. The topological polar surface area (TPSA) is 77.3 Å². The molecule has 1 aliphatic heterocycles. The van der Waals surface area contributed by atoms with Gasteiger partial charge in [-0.1, -0.05) is 12.1 Å². The number of non-ortho nitro benzene ring substituents is 1. The fourth-order valence-electron chi connectivity index (χ4n) is 2.67. The lowest BCUT2D eigenvalue weighted by atomic mass is 10.0. The third kappa shape index (κ3) is 2.95. The average molecular weight is 287 g/mol. The van der Waals surface area contributed by atoms with Crippen LogP contribution < -0.4 is 5.32 Å². The van der Waals surface area contributed by atoms with Crippen molar-refractivity contribution >= 4 is 22.3 Å². The maximum absolute atomic E-state index is 11.1. The Bertz CT molecular complexity index is 654. The first-order chi connectivity index (χ1) is 10.3. The molecule has 0 atom stereocenters. The first-order valence-electron chi connectivity index (χ1n) is 7.09. The van der Waals surface area contributed by atoms with Crippen LogP contribution in [0, 0.1) is 16.0 Å². The second-order valence-electron chi connectivity index (χ2n) is 5.23. The predicted octanol–water partition coefficient (Wildman–Crippen LogP) is 2.98. The van der Waals surface area contributed by atoms with Crippen molar-refractivity contribution in [3.05, 3.63) is 40.6 Å². The van der Waals surface area contributed by atoms with E-state index in [0.717, 1.165) is 43.7 Å². The monoisotopic (exact) mass is 287 g/mol. The molecule has 0 bridgehead atoms. The third-order valence-electron chi connectivity index (χ3n) is 3.87. The molecule has 6 nitrogen and oxygen atoms in total. The van der Waals surface area contributed by atoms with Crippen LogP contribution in [0.4, 0.5) is 11.4 Å². The molecule has 1 fully saturated rings. The van der Waals surface area contributed by atoms with Crippen LogP contribution >= 0.6 is 0 Å². The van der Waals surface area contributed by atoms with E-state index >= 15 is 0 Å². The molecule has 2 aromatic rings. The average Bonchev–Trinajstić information content (AvgIpc) is 2.53. The first kappa shape index (κ1) is 13.8. The highest BCUT2D eigenvalue weighted by Gasteiger charge is 2.16. The molecule has 0 saturated carbocycles. The fraction of sp³-hybridized carbons (Fsp3) is 0.400. The summed E-state index contributed by atoms with van der Waals surface area (Å²) in [7, 11) is 0. The van der Waals surface area contributed by atoms with Crippen LogP contribution in [0.1, 0.15) is 12.8 Å². The minimum atomic E-state index is -0.391. The highest BCUT2D eigenvalue weighted by atomic mass is 16.6. The highest BCUT2D eigenvalue weighted by Crippen LogP contribution is 2.29. The van der Waals surface area contributed by atoms with Crippen molar-refractivity contribution in [2.75, 3.05) is 25.1 Å². The number of aromatic nitrogens is 1. The molecule has 0 amide bonds. The summed E-state index contributed by atoms with van der Waals surface area (Å²) < 4.78 is 5.35. The second-order valence-corrected chi connectivity index (χ2v) is 5.23. The van der Waals surface area contributed by atoms with Gasteiger partial charge in [0.25, 0.3) is 5.69 Å². The van der Waals surface area contributed by atoms with Gasteiger partial charge in [-0.25, -0.2) is 4.98 Å². The van der Waals surface area contributed by atoms with Crippen LogP contribution in [-0.2, 0) is 4.74 Å². The van der Waals surface area contributed by atoms with Crippen LogP contribution in [0.2, 0.25) is 0 Å². The summed E-state index contributed by atoms with van der Waals surface area (Å²) >= 11 is 0. The number of nitrogens with zero attached hydrogens (tertiary/aromatic N) is 2. The normalized spacial score (nSPS) is 16.0. The van der Waals surface area contributed by atoms with E-state index in [1.165, 1.54) is 6.07 Å². The zero-order valence-electron chi connectivity index (χ0n) is 11.6. The van der Waals surface area contributed by atoms with Crippen LogP contribution in [0.3, 0.4) is 0 Å². The molecule has 6 heteroatoms. The number of hydrogen-bond donors (Lipinski definition) is 1. The summed E-state index contributed by atoms with van der Waals surface area (Å²) in [4.78, 5) is 14.8. The summed E-state index contributed by atoms with van der Waals surface area (Å²) in [5.74, 6) is 0.584. The van der Waals surface area contributed by atoms with Gasteiger partial charge in [-0.05, 0) is 24.8 Å². The lowest BCUT2D eigenvalue weighted by molar-refractivity contribution is -0.383. The van der Waals surface area contributed by atoms with Crippen molar-refractivity contribution in [1.82, 2.24) is 4.98 Å². The molecule has 1 aromatic carbocycles. The number of anilines is 1. The molecule has 1 aromatic heterocycles. The fourth-order valence-corrected chi connectivity index (χ4v) is 2.67. The Morgan fingerprint density at radius 2 is 2.14 bits per heavy atom. The van der Waals surface area contributed by atoms with Crippen LogP contribution in [0.5, 0.6) is 0 Å². The number of para-hydroxylation sites is 1.